The van der Waals surface area contributed by atoms with E-state index in [-0.39, 0.29) is 5.43 Å². The van der Waals surface area contributed by atoms with E-state index in [1.807, 2.05) is 4.57 Å². The quantitative estimate of drug-likeness (QED) is 0.623. The summed E-state index contributed by atoms with van der Waals surface area (Å²) < 4.78 is 1.95. The van der Waals surface area contributed by atoms with Crippen LogP contribution in [-0.4, -0.2) is 4.57 Å². The number of hydrogen-bond acceptors (Lipinski definition) is 1. The first kappa shape index (κ1) is 8.78. The predicted molar refractivity (Wildman–Crippen MR) is 50.1 cm³/mol. The minimum atomic E-state index is 0.0494. The van der Waals surface area contributed by atoms with Gasteiger partial charge in [0.2, 0.25) is 0 Å². The summed E-state index contributed by atoms with van der Waals surface area (Å²) >= 11 is 0. The number of pyridine rings is 1. The van der Waals surface area contributed by atoms with E-state index >= 15 is 0 Å². The molecule has 0 aliphatic rings. The van der Waals surface area contributed by atoms with Crippen molar-refractivity contribution in [2.75, 3.05) is 0 Å². The molecule has 12 heavy (non-hydrogen) atoms. The summed E-state index contributed by atoms with van der Waals surface area (Å²) in [4.78, 5) is 10.7. The Balaban J connectivity index is 2.71. The Labute approximate surface area is 72.2 Å². The molecule has 0 aliphatic heterocycles. The third kappa shape index (κ3) is 2.38. The van der Waals surface area contributed by atoms with Gasteiger partial charge in [-0.2, -0.15) is 0 Å². The number of nitrogens with zero attached hydrogens (tertiary/aromatic N) is 1. The smallest absolute Gasteiger partial charge is 0.181 e. The predicted octanol–water partition coefficient (Wildman–Crippen LogP) is 1.81. The largest absolute Gasteiger partial charge is 0.350 e. The van der Waals surface area contributed by atoms with Crippen LogP contribution < -0.4 is 5.43 Å². The van der Waals surface area contributed by atoms with E-state index in [2.05, 4.69) is 13.5 Å². The fourth-order valence-electron chi connectivity index (χ4n) is 0.919. The van der Waals surface area contributed by atoms with E-state index in [0.717, 1.165) is 13.0 Å². The van der Waals surface area contributed by atoms with Crippen molar-refractivity contribution >= 4 is 0 Å². The first-order valence-electron chi connectivity index (χ1n) is 4.05. The Kier molecular flexibility index (Phi) is 2.86. The van der Waals surface area contributed by atoms with Gasteiger partial charge in [-0.05, 0) is 6.42 Å². The van der Waals surface area contributed by atoms with Gasteiger partial charge in [0, 0.05) is 31.1 Å². The SMILES string of the molecule is C=C(CC)Cn1ccc(=O)cc1. The van der Waals surface area contributed by atoms with Crippen molar-refractivity contribution in [2.45, 2.75) is 19.9 Å². The van der Waals surface area contributed by atoms with Gasteiger partial charge in [0.15, 0.2) is 5.43 Å². The average Bonchev–Trinajstić information content (AvgIpc) is 2.09. The molecular formula is C10H13NO. The normalized spacial score (nSPS) is 9.75. The van der Waals surface area contributed by atoms with Gasteiger partial charge in [0.1, 0.15) is 0 Å². The molecule has 2 heteroatoms. The van der Waals surface area contributed by atoms with Crippen molar-refractivity contribution in [3.63, 3.8) is 0 Å². The molecule has 0 atom stereocenters. The molecule has 0 unspecified atom stereocenters. The van der Waals surface area contributed by atoms with E-state index in [1.165, 1.54) is 5.57 Å². The highest BCUT2D eigenvalue weighted by Gasteiger charge is 1.91. The lowest BCUT2D eigenvalue weighted by molar-refractivity contribution is 0.752. The summed E-state index contributed by atoms with van der Waals surface area (Å²) in [5, 5.41) is 0. The molecule has 0 radical (unpaired) electrons. The fraction of sp³-hybridized carbons (Fsp3) is 0.300. The summed E-state index contributed by atoms with van der Waals surface area (Å²) in [6.07, 6.45) is 4.54. The van der Waals surface area contributed by atoms with Gasteiger partial charge in [-0.3, -0.25) is 4.79 Å². The third-order valence-electron chi connectivity index (χ3n) is 1.77. The Morgan fingerprint density at radius 2 is 2.08 bits per heavy atom. The summed E-state index contributed by atoms with van der Waals surface area (Å²) in [5.41, 5.74) is 1.21. The van der Waals surface area contributed by atoms with Gasteiger partial charge in [-0.1, -0.05) is 19.1 Å². The summed E-state index contributed by atoms with van der Waals surface area (Å²) in [7, 11) is 0. The van der Waals surface area contributed by atoms with Crippen LogP contribution in [0, 0.1) is 0 Å². The van der Waals surface area contributed by atoms with Crippen molar-refractivity contribution in [3.8, 4) is 0 Å². The molecule has 2 nitrogen and oxygen atoms in total. The van der Waals surface area contributed by atoms with Crippen LogP contribution in [0.3, 0.4) is 0 Å². The van der Waals surface area contributed by atoms with Gasteiger partial charge < -0.3 is 4.57 Å². The number of aromatic nitrogens is 1. The minimum Gasteiger partial charge on any atom is -0.350 e. The molecule has 0 spiro atoms. The highest BCUT2D eigenvalue weighted by Crippen LogP contribution is 1.99. The summed E-state index contributed by atoms with van der Waals surface area (Å²) in [5.74, 6) is 0. The second-order valence-electron chi connectivity index (χ2n) is 2.81. The molecule has 1 rings (SSSR count). The molecule has 64 valence electrons. The Morgan fingerprint density at radius 1 is 1.50 bits per heavy atom. The molecule has 0 N–H and O–H groups in total. The van der Waals surface area contributed by atoms with Crippen molar-refractivity contribution in [2.24, 2.45) is 0 Å². The Hall–Kier alpha value is -1.31. The van der Waals surface area contributed by atoms with Crippen molar-refractivity contribution in [3.05, 3.63) is 46.9 Å². The van der Waals surface area contributed by atoms with Crippen molar-refractivity contribution in [1.29, 1.82) is 0 Å². The summed E-state index contributed by atoms with van der Waals surface area (Å²) in [6, 6.07) is 3.12. The highest BCUT2D eigenvalue weighted by atomic mass is 16.1. The van der Waals surface area contributed by atoms with Crippen LogP contribution in [0.1, 0.15) is 13.3 Å². The maximum Gasteiger partial charge on any atom is 0.181 e. The van der Waals surface area contributed by atoms with E-state index in [9.17, 15) is 4.79 Å². The average molecular weight is 163 g/mol. The van der Waals surface area contributed by atoms with Crippen LogP contribution in [0.4, 0.5) is 0 Å². The minimum absolute atomic E-state index is 0.0494. The van der Waals surface area contributed by atoms with Gasteiger partial charge in [-0.15, -0.1) is 0 Å². The maximum absolute atomic E-state index is 10.7. The molecule has 0 amide bonds. The molecule has 0 saturated carbocycles. The molecule has 0 saturated heterocycles. The summed E-state index contributed by atoms with van der Waals surface area (Å²) in [6.45, 7) is 6.77. The van der Waals surface area contributed by atoms with E-state index in [0.29, 0.717) is 0 Å². The van der Waals surface area contributed by atoms with Gasteiger partial charge in [0.25, 0.3) is 0 Å². The molecule has 0 aromatic carbocycles. The molecule has 1 aromatic rings. The topological polar surface area (TPSA) is 22.0 Å². The highest BCUT2D eigenvalue weighted by molar-refractivity contribution is 4.99. The van der Waals surface area contributed by atoms with Crippen LogP contribution in [0.5, 0.6) is 0 Å². The van der Waals surface area contributed by atoms with Gasteiger partial charge in [0.05, 0.1) is 0 Å². The van der Waals surface area contributed by atoms with Gasteiger partial charge in [-0.25, -0.2) is 0 Å². The lowest BCUT2D eigenvalue weighted by Crippen LogP contribution is -2.04. The van der Waals surface area contributed by atoms with Crippen LogP contribution in [0.15, 0.2) is 41.5 Å². The number of hydrogen-bond donors (Lipinski definition) is 0. The Bertz CT molecular complexity index is 304. The van der Waals surface area contributed by atoms with E-state index in [1.54, 1.807) is 24.5 Å². The fourth-order valence-corrected chi connectivity index (χ4v) is 0.919. The first-order valence-corrected chi connectivity index (χ1v) is 4.05. The molecule has 1 heterocycles. The first-order chi connectivity index (χ1) is 5.72. The molecule has 1 aromatic heterocycles. The van der Waals surface area contributed by atoms with Crippen LogP contribution in [0.25, 0.3) is 0 Å². The van der Waals surface area contributed by atoms with Crippen LogP contribution in [-0.2, 0) is 6.54 Å². The Morgan fingerprint density at radius 3 is 2.58 bits per heavy atom. The van der Waals surface area contributed by atoms with E-state index in [4.69, 9.17) is 0 Å². The number of rotatable bonds is 3. The van der Waals surface area contributed by atoms with Crippen molar-refractivity contribution < 1.29 is 0 Å². The van der Waals surface area contributed by atoms with E-state index < -0.39 is 0 Å². The monoisotopic (exact) mass is 163 g/mol. The van der Waals surface area contributed by atoms with Gasteiger partial charge >= 0.3 is 0 Å². The van der Waals surface area contributed by atoms with Crippen LogP contribution >= 0.6 is 0 Å². The van der Waals surface area contributed by atoms with Crippen molar-refractivity contribution in [1.82, 2.24) is 4.57 Å². The molecule has 0 aliphatic carbocycles. The molecule has 0 fully saturated rings. The third-order valence-corrected chi connectivity index (χ3v) is 1.77. The zero-order valence-corrected chi connectivity index (χ0v) is 7.29. The molecular weight excluding hydrogens is 150 g/mol. The zero-order valence-electron chi connectivity index (χ0n) is 7.29. The lowest BCUT2D eigenvalue weighted by atomic mass is 10.2. The lowest BCUT2D eigenvalue weighted by Gasteiger charge is -2.05. The molecule has 0 bridgehead atoms. The standard InChI is InChI=1S/C10H13NO/c1-3-9(2)8-11-6-4-10(12)5-7-11/h4-7H,2-3,8H2,1H3. The number of allylic oxidation sites excluding steroid dienone is 1. The van der Waals surface area contributed by atoms with Crippen LogP contribution in [0.2, 0.25) is 0 Å². The second-order valence-corrected chi connectivity index (χ2v) is 2.81. The second kappa shape index (κ2) is 3.90. The maximum atomic E-state index is 10.7. The zero-order chi connectivity index (χ0) is 8.97.